The average molecular weight is 293 g/mol. The second kappa shape index (κ2) is 6.18. The van der Waals surface area contributed by atoms with Crippen molar-refractivity contribution < 1.29 is 24.3 Å². The lowest BCUT2D eigenvalue weighted by Crippen LogP contribution is -2.29. The molecule has 0 aliphatic rings. The molecule has 5 N–H and O–H groups in total. The number of aliphatic carboxylic acids is 1. The molecule has 0 unspecified atom stereocenters. The maximum absolute atomic E-state index is 11.4. The summed E-state index contributed by atoms with van der Waals surface area (Å²) in [6.45, 7) is 6.81. The van der Waals surface area contributed by atoms with Crippen molar-refractivity contribution in [1.82, 2.24) is 0 Å². The quantitative estimate of drug-likeness (QED) is 0.419. The number of nitrogens with two attached hydrogens (primary N) is 1. The van der Waals surface area contributed by atoms with E-state index in [1.165, 1.54) is 19.9 Å². The molecule has 0 amide bonds. The molecule has 0 aliphatic heterocycles. The van der Waals surface area contributed by atoms with Gasteiger partial charge in [-0.1, -0.05) is 26.0 Å². The molecule has 0 heterocycles. The molecule has 112 valence electrons. The summed E-state index contributed by atoms with van der Waals surface area (Å²) in [5.74, 6) is -1.11. The summed E-state index contributed by atoms with van der Waals surface area (Å²) in [6.07, 6.45) is 3.84. The number of rotatable bonds is 7. The van der Waals surface area contributed by atoms with Gasteiger partial charge in [0.15, 0.2) is 0 Å². The summed E-state index contributed by atoms with van der Waals surface area (Å²) < 4.78 is 11.4. The Morgan fingerprint density at radius 2 is 1.79 bits per heavy atom. The fourth-order valence-electron chi connectivity index (χ4n) is 1.96. The average Bonchev–Trinajstić information content (AvgIpc) is 2.13. The summed E-state index contributed by atoms with van der Waals surface area (Å²) in [7, 11) is -4.17. The van der Waals surface area contributed by atoms with Crippen LogP contribution in [0.4, 0.5) is 0 Å². The van der Waals surface area contributed by atoms with E-state index in [1.807, 2.05) is 13.8 Å². The number of carbonyl (C=O) groups is 1. The van der Waals surface area contributed by atoms with Crippen LogP contribution in [0.5, 0.6) is 0 Å². The normalized spacial score (nSPS) is 15.7. The fraction of sp³-hybridized carbons (Fsp3) is 0.750. The molecule has 19 heavy (non-hydrogen) atoms. The minimum absolute atomic E-state index is 0.316. The topological polar surface area (TPSA) is 121 Å². The van der Waals surface area contributed by atoms with Crippen molar-refractivity contribution in [3.8, 4) is 0 Å². The summed E-state index contributed by atoms with van der Waals surface area (Å²) in [4.78, 5) is 29.1. The van der Waals surface area contributed by atoms with Crippen molar-refractivity contribution >= 4 is 13.6 Å². The highest BCUT2D eigenvalue weighted by atomic mass is 31.2. The lowest BCUT2D eigenvalue weighted by atomic mass is 9.80. The van der Waals surface area contributed by atoms with E-state index < -0.39 is 24.8 Å². The van der Waals surface area contributed by atoms with Crippen molar-refractivity contribution in [2.45, 2.75) is 51.7 Å². The smallest absolute Gasteiger partial charge is 0.331 e. The van der Waals surface area contributed by atoms with Crippen LogP contribution in [-0.4, -0.2) is 32.1 Å². The third-order valence-corrected chi connectivity index (χ3v) is 4.73. The van der Waals surface area contributed by atoms with Gasteiger partial charge >= 0.3 is 13.6 Å². The molecule has 0 rings (SSSR count). The summed E-state index contributed by atoms with van der Waals surface area (Å²) >= 11 is 0. The molecular formula is C12H24NO5P. The van der Waals surface area contributed by atoms with Crippen LogP contribution in [-0.2, 0) is 9.36 Å². The first-order valence-corrected chi connectivity index (χ1v) is 7.60. The van der Waals surface area contributed by atoms with Gasteiger partial charge in [0, 0.05) is 0 Å². The Bertz CT molecular complexity index is 397. The van der Waals surface area contributed by atoms with Crippen LogP contribution in [0.1, 0.15) is 40.5 Å². The van der Waals surface area contributed by atoms with Gasteiger partial charge in [0.1, 0.15) is 6.04 Å². The van der Waals surface area contributed by atoms with Crippen LogP contribution in [0.2, 0.25) is 0 Å². The van der Waals surface area contributed by atoms with Gasteiger partial charge in [-0.3, -0.25) is 9.36 Å². The largest absolute Gasteiger partial charge is 0.480 e. The van der Waals surface area contributed by atoms with Gasteiger partial charge in [0.25, 0.3) is 0 Å². The molecule has 0 aromatic carbocycles. The third kappa shape index (κ3) is 6.34. The first kappa shape index (κ1) is 18.3. The van der Waals surface area contributed by atoms with Crippen LogP contribution in [0.25, 0.3) is 0 Å². The molecule has 0 radical (unpaired) electrons. The van der Waals surface area contributed by atoms with Crippen LogP contribution in [0.15, 0.2) is 12.2 Å². The maximum Gasteiger partial charge on any atom is 0.331 e. The molecule has 0 spiro atoms. The van der Waals surface area contributed by atoms with Crippen LogP contribution in [0.3, 0.4) is 0 Å². The standard InChI is InChI=1S/C12H24NO5P/c1-11(2,7-5-6-9(13)10(14)15)8-12(3,4)19(16,17)18/h5-6,9H,7-8,13H2,1-4H3,(H,14,15)(H2,16,17,18)/b6-5+/t9-/m0/s1. The van der Waals surface area contributed by atoms with E-state index >= 15 is 0 Å². The highest BCUT2D eigenvalue weighted by Gasteiger charge is 2.41. The van der Waals surface area contributed by atoms with Gasteiger partial charge in [-0.15, -0.1) is 0 Å². The fourth-order valence-corrected chi connectivity index (χ4v) is 2.60. The molecule has 0 aliphatic carbocycles. The minimum Gasteiger partial charge on any atom is -0.480 e. The van der Waals surface area contributed by atoms with Crippen molar-refractivity contribution in [3.05, 3.63) is 12.2 Å². The van der Waals surface area contributed by atoms with E-state index in [0.717, 1.165) is 0 Å². The molecule has 0 aromatic heterocycles. The zero-order valence-electron chi connectivity index (χ0n) is 11.8. The summed E-state index contributed by atoms with van der Waals surface area (Å²) in [5, 5.41) is 7.51. The zero-order chi connectivity index (χ0) is 15.5. The molecule has 0 fully saturated rings. The predicted molar refractivity (Wildman–Crippen MR) is 73.9 cm³/mol. The van der Waals surface area contributed by atoms with E-state index in [4.69, 9.17) is 10.8 Å². The van der Waals surface area contributed by atoms with E-state index in [2.05, 4.69) is 0 Å². The molecule has 0 aromatic rings. The zero-order valence-corrected chi connectivity index (χ0v) is 12.7. The molecule has 1 atom stereocenters. The van der Waals surface area contributed by atoms with Crippen molar-refractivity contribution in [2.24, 2.45) is 11.1 Å². The third-order valence-electron chi connectivity index (χ3n) is 3.00. The Labute approximate surface area is 113 Å². The summed E-state index contributed by atoms with van der Waals surface area (Å²) in [6, 6.07) is -1.05. The molecule has 0 saturated heterocycles. The van der Waals surface area contributed by atoms with Gasteiger partial charge < -0.3 is 20.6 Å². The second-order valence-corrected chi connectivity index (χ2v) is 8.49. The van der Waals surface area contributed by atoms with E-state index in [-0.39, 0.29) is 5.41 Å². The van der Waals surface area contributed by atoms with Gasteiger partial charge in [-0.2, -0.15) is 0 Å². The Morgan fingerprint density at radius 1 is 1.32 bits per heavy atom. The van der Waals surface area contributed by atoms with Crippen molar-refractivity contribution in [1.29, 1.82) is 0 Å². The van der Waals surface area contributed by atoms with Gasteiger partial charge in [0.05, 0.1) is 5.16 Å². The lowest BCUT2D eigenvalue weighted by molar-refractivity contribution is -0.137. The molecular weight excluding hydrogens is 269 g/mol. The van der Waals surface area contributed by atoms with Crippen LogP contribution < -0.4 is 5.73 Å². The number of carboxylic acids is 1. The van der Waals surface area contributed by atoms with Crippen molar-refractivity contribution in [3.63, 3.8) is 0 Å². The van der Waals surface area contributed by atoms with E-state index in [9.17, 15) is 19.1 Å². The van der Waals surface area contributed by atoms with Crippen LogP contribution >= 0.6 is 7.60 Å². The minimum atomic E-state index is -4.17. The Hall–Kier alpha value is -0.680. The van der Waals surface area contributed by atoms with Gasteiger partial charge in [-0.05, 0) is 32.1 Å². The molecule has 6 nitrogen and oxygen atoms in total. The first-order chi connectivity index (χ1) is 8.28. The maximum atomic E-state index is 11.4. The SMILES string of the molecule is CC(C)(C/C=C/[C@H](N)C(=O)O)CC(C)(C)P(=O)(O)O. The summed E-state index contributed by atoms with van der Waals surface area (Å²) in [5.41, 5.74) is 4.97. The van der Waals surface area contributed by atoms with Crippen LogP contribution in [0, 0.1) is 5.41 Å². The number of hydrogen-bond acceptors (Lipinski definition) is 3. The second-order valence-electron chi connectivity index (χ2n) is 6.19. The highest BCUT2D eigenvalue weighted by molar-refractivity contribution is 7.53. The molecule has 7 heteroatoms. The van der Waals surface area contributed by atoms with Gasteiger partial charge in [-0.25, -0.2) is 0 Å². The molecule has 0 saturated carbocycles. The number of hydrogen-bond donors (Lipinski definition) is 4. The highest BCUT2D eigenvalue weighted by Crippen LogP contribution is 2.55. The molecule has 0 bridgehead atoms. The number of carboxylic acid groups (broad SMARTS) is 1. The monoisotopic (exact) mass is 293 g/mol. The van der Waals surface area contributed by atoms with Gasteiger partial charge in [0.2, 0.25) is 0 Å². The van der Waals surface area contributed by atoms with Crippen molar-refractivity contribution in [2.75, 3.05) is 0 Å². The Kier molecular flexibility index (Phi) is 5.96. The Morgan fingerprint density at radius 3 is 2.16 bits per heavy atom. The van der Waals surface area contributed by atoms with E-state index in [1.54, 1.807) is 6.08 Å². The lowest BCUT2D eigenvalue weighted by Gasteiger charge is -2.34. The predicted octanol–water partition coefficient (Wildman–Crippen LogP) is 1.72. The Balaban J connectivity index is 4.66. The first-order valence-electron chi connectivity index (χ1n) is 5.99. The van der Waals surface area contributed by atoms with E-state index in [0.29, 0.717) is 12.8 Å². The number of allylic oxidation sites excluding steroid dienone is 1.